The molecule has 3 heterocycles. The van der Waals surface area contributed by atoms with E-state index >= 15 is 0 Å². The van der Waals surface area contributed by atoms with Crippen LogP contribution in [0.1, 0.15) is 68.0 Å². The van der Waals surface area contributed by atoms with E-state index in [-0.39, 0.29) is 5.82 Å². The molecule has 1 aromatic carbocycles. The van der Waals surface area contributed by atoms with Crippen LogP contribution in [0.4, 0.5) is 4.39 Å². The van der Waals surface area contributed by atoms with E-state index < -0.39 is 0 Å². The number of aromatic amines is 1. The molecule has 6 rings (SSSR count). The largest absolute Gasteiger partial charge is 0.346 e. The van der Waals surface area contributed by atoms with Gasteiger partial charge >= 0.3 is 0 Å². The van der Waals surface area contributed by atoms with Crippen LogP contribution in [0, 0.1) is 17.7 Å². The van der Waals surface area contributed by atoms with Gasteiger partial charge in [-0.1, -0.05) is 23.8 Å². The molecule has 2 aliphatic rings. The second-order valence-corrected chi connectivity index (χ2v) is 9.20. The molecule has 0 aliphatic heterocycles. The highest BCUT2D eigenvalue weighted by Crippen LogP contribution is 2.51. The zero-order valence-corrected chi connectivity index (χ0v) is 17.0. The van der Waals surface area contributed by atoms with Crippen molar-refractivity contribution >= 4 is 16.6 Å². The van der Waals surface area contributed by atoms with Gasteiger partial charge in [-0.3, -0.25) is 0 Å². The zero-order valence-electron chi connectivity index (χ0n) is 17.0. The zero-order chi connectivity index (χ0) is 20.1. The van der Waals surface area contributed by atoms with Crippen LogP contribution in [-0.2, 0) is 0 Å². The average molecular weight is 404 g/mol. The summed E-state index contributed by atoms with van der Waals surface area (Å²) in [5.74, 6) is 2.63. The van der Waals surface area contributed by atoms with Crippen LogP contribution < -0.4 is 0 Å². The number of nitrogens with zero attached hydrogens (tertiary/aromatic N) is 4. The maximum Gasteiger partial charge on any atom is 0.141 e. The Morgan fingerprint density at radius 2 is 1.87 bits per heavy atom. The number of halogens is 1. The molecule has 2 saturated carbocycles. The van der Waals surface area contributed by atoms with Gasteiger partial charge in [0.15, 0.2) is 0 Å². The molecule has 0 radical (unpaired) electrons. The number of hydrogen-bond acceptors (Lipinski definition) is 3. The molecule has 0 saturated heterocycles. The molecule has 30 heavy (non-hydrogen) atoms. The number of H-pyrrole nitrogens is 1. The van der Waals surface area contributed by atoms with Gasteiger partial charge in [0.2, 0.25) is 0 Å². The van der Waals surface area contributed by atoms with E-state index in [1.54, 1.807) is 18.5 Å². The Kier molecular flexibility index (Phi) is 4.32. The SMILES string of the molecule is Fc1ccc([C@@H]2C[C@H]2CCC2CCC(c3nnn4cnc5[nH]ccc5c34)CC2)cc1. The highest BCUT2D eigenvalue weighted by atomic mass is 19.1. The summed E-state index contributed by atoms with van der Waals surface area (Å²) in [6.07, 6.45) is 12.5. The van der Waals surface area contributed by atoms with Gasteiger partial charge < -0.3 is 4.98 Å². The third kappa shape index (κ3) is 3.18. The lowest BCUT2D eigenvalue weighted by Gasteiger charge is -2.27. The van der Waals surface area contributed by atoms with Crippen LogP contribution in [0.3, 0.4) is 0 Å². The Hall–Kier alpha value is -2.76. The number of nitrogens with one attached hydrogen (secondary N) is 1. The Bertz CT molecular complexity index is 1170. The van der Waals surface area contributed by atoms with E-state index in [0.29, 0.717) is 11.8 Å². The van der Waals surface area contributed by atoms with E-state index in [9.17, 15) is 4.39 Å². The summed E-state index contributed by atoms with van der Waals surface area (Å²) < 4.78 is 14.9. The molecule has 3 aromatic heterocycles. The fraction of sp³-hybridized carbons (Fsp3) is 0.458. The van der Waals surface area contributed by atoms with Gasteiger partial charge in [0, 0.05) is 17.5 Å². The van der Waals surface area contributed by atoms with E-state index in [1.165, 1.54) is 50.5 Å². The summed E-state index contributed by atoms with van der Waals surface area (Å²) in [7, 11) is 0. The molecule has 5 nitrogen and oxygen atoms in total. The van der Waals surface area contributed by atoms with Crippen molar-refractivity contribution in [2.24, 2.45) is 11.8 Å². The minimum Gasteiger partial charge on any atom is -0.346 e. The molecule has 0 amide bonds. The van der Waals surface area contributed by atoms with Gasteiger partial charge in [-0.05, 0) is 80.0 Å². The third-order valence-corrected chi connectivity index (χ3v) is 7.40. The van der Waals surface area contributed by atoms with Crippen molar-refractivity contribution in [3.05, 3.63) is 59.9 Å². The molecule has 4 aromatic rings. The number of fused-ring (bicyclic) bond motifs is 3. The first-order chi connectivity index (χ1) is 14.8. The van der Waals surface area contributed by atoms with Crippen LogP contribution in [0.25, 0.3) is 16.6 Å². The summed E-state index contributed by atoms with van der Waals surface area (Å²) in [5, 5.41) is 9.97. The fourth-order valence-corrected chi connectivity index (χ4v) is 5.55. The molecule has 2 fully saturated rings. The van der Waals surface area contributed by atoms with Crippen molar-refractivity contribution in [1.82, 2.24) is 24.8 Å². The quantitative estimate of drug-likeness (QED) is 0.472. The summed E-state index contributed by atoms with van der Waals surface area (Å²) in [6.45, 7) is 0. The van der Waals surface area contributed by atoms with Gasteiger partial charge in [-0.25, -0.2) is 13.9 Å². The van der Waals surface area contributed by atoms with Crippen molar-refractivity contribution in [1.29, 1.82) is 0 Å². The highest BCUT2D eigenvalue weighted by Gasteiger charge is 2.38. The molecule has 0 spiro atoms. The standard InChI is InChI=1S/C24H26FN5/c25-19-9-7-16(8-10-19)21-13-18(21)6-3-15-1-4-17(5-2-15)22-23-20-11-12-26-24(20)27-14-30(23)29-28-22/h7-12,14-15,17-18,21,26H,1-6,13H2/t15?,17?,18-,21+/m1/s1. The highest BCUT2D eigenvalue weighted by molar-refractivity contribution is 5.92. The number of rotatable bonds is 5. The normalized spacial score (nSPS) is 26.4. The van der Waals surface area contributed by atoms with Crippen molar-refractivity contribution in [2.75, 3.05) is 0 Å². The van der Waals surface area contributed by atoms with Gasteiger partial charge in [-0.2, -0.15) is 0 Å². The summed E-state index contributed by atoms with van der Waals surface area (Å²) >= 11 is 0. The van der Waals surface area contributed by atoms with Gasteiger partial charge in [0.25, 0.3) is 0 Å². The predicted octanol–water partition coefficient (Wildman–Crippen LogP) is 5.60. The Labute approximate surface area is 174 Å². The molecule has 154 valence electrons. The van der Waals surface area contributed by atoms with E-state index in [4.69, 9.17) is 0 Å². The Morgan fingerprint density at radius 1 is 1.03 bits per heavy atom. The number of aromatic nitrogens is 5. The summed E-state index contributed by atoms with van der Waals surface area (Å²) in [5.41, 5.74) is 4.47. The number of benzene rings is 1. The predicted molar refractivity (Wildman–Crippen MR) is 114 cm³/mol. The van der Waals surface area contributed by atoms with E-state index in [0.717, 1.165) is 34.1 Å². The maximum absolute atomic E-state index is 13.1. The summed E-state index contributed by atoms with van der Waals surface area (Å²) in [6, 6.07) is 9.19. The van der Waals surface area contributed by atoms with Crippen molar-refractivity contribution in [2.45, 2.75) is 56.8 Å². The van der Waals surface area contributed by atoms with Gasteiger partial charge in [-0.15, -0.1) is 5.10 Å². The minimum atomic E-state index is -0.137. The Balaban J connectivity index is 1.07. The molecule has 0 unspecified atom stereocenters. The minimum absolute atomic E-state index is 0.137. The summed E-state index contributed by atoms with van der Waals surface area (Å²) in [4.78, 5) is 7.60. The van der Waals surface area contributed by atoms with Crippen LogP contribution in [0.15, 0.2) is 42.9 Å². The van der Waals surface area contributed by atoms with Gasteiger partial charge in [0.1, 0.15) is 23.3 Å². The first kappa shape index (κ1) is 18.0. The van der Waals surface area contributed by atoms with E-state index in [2.05, 4.69) is 26.3 Å². The monoisotopic (exact) mass is 403 g/mol. The molecule has 2 atom stereocenters. The second kappa shape index (κ2) is 7.18. The lowest BCUT2D eigenvalue weighted by Crippen LogP contribution is -2.14. The van der Waals surface area contributed by atoms with Crippen LogP contribution >= 0.6 is 0 Å². The second-order valence-electron chi connectivity index (χ2n) is 9.20. The molecular formula is C24H26FN5. The third-order valence-electron chi connectivity index (χ3n) is 7.40. The first-order valence-electron chi connectivity index (χ1n) is 11.2. The molecule has 1 N–H and O–H groups in total. The first-order valence-corrected chi connectivity index (χ1v) is 11.2. The van der Waals surface area contributed by atoms with Crippen LogP contribution in [0.5, 0.6) is 0 Å². The Morgan fingerprint density at radius 3 is 2.70 bits per heavy atom. The fourth-order valence-electron chi connectivity index (χ4n) is 5.55. The van der Waals surface area contributed by atoms with Crippen molar-refractivity contribution in [3.63, 3.8) is 0 Å². The maximum atomic E-state index is 13.1. The van der Waals surface area contributed by atoms with Crippen molar-refractivity contribution < 1.29 is 4.39 Å². The van der Waals surface area contributed by atoms with Crippen LogP contribution in [0.2, 0.25) is 0 Å². The van der Waals surface area contributed by atoms with Gasteiger partial charge in [0.05, 0.1) is 5.69 Å². The van der Waals surface area contributed by atoms with E-state index in [1.807, 2.05) is 22.8 Å². The molecule has 2 aliphatic carbocycles. The molecule has 6 heteroatoms. The van der Waals surface area contributed by atoms with Crippen LogP contribution in [-0.4, -0.2) is 24.8 Å². The lowest BCUT2D eigenvalue weighted by molar-refractivity contribution is 0.298. The average Bonchev–Trinajstić information content (AvgIpc) is 3.18. The molecule has 0 bridgehead atoms. The molecular weight excluding hydrogens is 377 g/mol. The topological polar surface area (TPSA) is 58.9 Å². The van der Waals surface area contributed by atoms with Crippen molar-refractivity contribution in [3.8, 4) is 0 Å². The lowest BCUT2D eigenvalue weighted by atomic mass is 9.78. The number of hydrogen-bond donors (Lipinski definition) is 1. The smallest absolute Gasteiger partial charge is 0.141 e.